The third-order valence-electron chi connectivity index (χ3n) is 2.83. The van der Waals surface area contributed by atoms with Crippen LogP contribution in [-0.4, -0.2) is 45.9 Å². The largest absolute Gasteiger partial charge is 0.392 e. The molecule has 2 aromatic rings. The summed E-state index contributed by atoms with van der Waals surface area (Å²) in [5.74, 6) is 0.692. The molecule has 2 amide bonds. The lowest BCUT2D eigenvalue weighted by Gasteiger charge is -2.18. The van der Waals surface area contributed by atoms with Crippen molar-refractivity contribution in [3.05, 3.63) is 35.2 Å². The van der Waals surface area contributed by atoms with Crippen molar-refractivity contribution in [1.82, 2.24) is 20.4 Å². The van der Waals surface area contributed by atoms with E-state index in [4.69, 9.17) is 16.1 Å². The number of hydrogen-bond acceptors (Lipinski definition) is 5. The molecule has 0 radical (unpaired) electrons. The van der Waals surface area contributed by atoms with Crippen molar-refractivity contribution in [3.63, 3.8) is 0 Å². The molecule has 0 aliphatic rings. The van der Waals surface area contributed by atoms with E-state index in [9.17, 15) is 9.90 Å². The lowest BCUT2D eigenvalue weighted by Crippen LogP contribution is -2.40. The summed E-state index contributed by atoms with van der Waals surface area (Å²) < 4.78 is 5.08. The Morgan fingerprint density at radius 1 is 1.55 bits per heavy atom. The standard InChI is InChI=1S/C14H17ClN4O3/c1-9(20)8-19(2)14(21)16-7-12-17-13(18-22-12)10-4-3-5-11(15)6-10/h3-6,9,20H,7-8H2,1-2H3,(H,16,21). The van der Waals surface area contributed by atoms with Gasteiger partial charge in [0.2, 0.25) is 11.7 Å². The Morgan fingerprint density at radius 3 is 3.00 bits per heavy atom. The van der Waals surface area contributed by atoms with E-state index in [-0.39, 0.29) is 25.0 Å². The molecule has 1 unspecified atom stereocenters. The summed E-state index contributed by atoms with van der Waals surface area (Å²) >= 11 is 5.91. The first kappa shape index (κ1) is 16.3. The molecular weight excluding hydrogens is 308 g/mol. The third kappa shape index (κ3) is 4.44. The molecule has 1 aromatic heterocycles. The number of urea groups is 1. The number of nitrogens with zero attached hydrogens (tertiary/aromatic N) is 3. The van der Waals surface area contributed by atoms with E-state index >= 15 is 0 Å². The molecule has 7 nitrogen and oxygen atoms in total. The average Bonchev–Trinajstić information content (AvgIpc) is 2.93. The molecule has 1 heterocycles. The fraction of sp³-hybridized carbons (Fsp3) is 0.357. The fourth-order valence-electron chi connectivity index (χ4n) is 1.84. The summed E-state index contributed by atoms with van der Waals surface area (Å²) in [7, 11) is 1.59. The Morgan fingerprint density at radius 2 is 2.32 bits per heavy atom. The van der Waals surface area contributed by atoms with Crippen molar-refractivity contribution >= 4 is 17.6 Å². The highest BCUT2D eigenvalue weighted by atomic mass is 35.5. The normalized spacial score (nSPS) is 12.0. The minimum Gasteiger partial charge on any atom is -0.392 e. The maximum absolute atomic E-state index is 11.8. The van der Waals surface area contributed by atoms with Gasteiger partial charge in [0.05, 0.1) is 12.6 Å². The number of nitrogens with one attached hydrogen (secondary N) is 1. The van der Waals surface area contributed by atoms with Crippen LogP contribution in [0.2, 0.25) is 5.02 Å². The van der Waals surface area contributed by atoms with Gasteiger partial charge in [-0.1, -0.05) is 28.9 Å². The van der Waals surface area contributed by atoms with Crippen molar-refractivity contribution in [1.29, 1.82) is 0 Å². The number of halogens is 1. The van der Waals surface area contributed by atoms with Gasteiger partial charge in [-0.05, 0) is 19.1 Å². The summed E-state index contributed by atoms with van der Waals surface area (Å²) in [5.41, 5.74) is 0.736. The number of amides is 2. The highest BCUT2D eigenvalue weighted by Gasteiger charge is 2.13. The fourth-order valence-corrected chi connectivity index (χ4v) is 2.03. The number of hydrogen-bond donors (Lipinski definition) is 2. The smallest absolute Gasteiger partial charge is 0.317 e. The van der Waals surface area contributed by atoms with Gasteiger partial charge in [0.15, 0.2) is 0 Å². The van der Waals surface area contributed by atoms with Crippen LogP contribution < -0.4 is 5.32 Å². The molecule has 0 spiro atoms. The summed E-state index contributed by atoms with van der Waals surface area (Å²) in [6.45, 7) is 1.96. The quantitative estimate of drug-likeness (QED) is 0.876. The van der Waals surface area contributed by atoms with Crippen molar-refractivity contribution in [2.45, 2.75) is 19.6 Å². The van der Waals surface area contributed by atoms with Crippen LogP contribution in [0.4, 0.5) is 4.79 Å². The minimum absolute atomic E-state index is 0.108. The SMILES string of the molecule is CC(O)CN(C)C(=O)NCc1nc(-c2cccc(Cl)c2)no1. The van der Waals surface area contributed by atoms with Gasteiger partial charge in [0, 0.05) is 24.2 Å². The first-order valence-corrected chi connectivity index (χ1v) is 7.09. The Balaban J connectivity index is 1.94. The maximum Gasteiger partial charge on any atom is 0.317 e. The summed E-state index contributed by atoms with van der Waals surface area (Å²) in [4.78, 5) is 17.3. The molecule has 8 heteroatoms. The highest BCUT2D eigenvalue weighted by Crippen LogP contribution is 2.19. The first-order valence-electron chi connectivity index (χ1n) is 6.71. The number of aliphatic hydroxyl groups is 1. The van der Waals surface area contributed by atoms with Crippen LogP contribution >= 0.6 is 11.6 Å². The van der Waals surface area contributed by atoms with Crippen molar-refractivity contribution in [2.24, 2.45) is 0 Å². The summed E-state index contributed by atoms with van der Waals surface area (Å²) in [5, 5.41) is 16.3. The van der Waals surface area contributed by atoms with Gasteiger partial charge >= 0.3 is 6.03 Å². The highest BCUT2D eigenvalue weighted by molar-refractivity contribution is 6.30. The molecule has 22 heavy (non-hydrogen) atoms. The predicted octanol–water partition coefficient (Wildman–Crippen LogP) is 1.91. The van der Waals surface area contributed by atoms with Crippen LogP contribution in [0.3, 0.4) is 0 Å². The van der Waals surface area contributed by atoms with E-state index in [1.165, 1.54) is 4.90 Å². The zero-order valence-corrected chi connectivity index (χ0v) is 13.0. The zero-order valence-electron chi connectivity index (χ0n) is 12.3. The van der Waals surface area contributed by atoms with Crippen LogP contribution in [0.15, 0.2) is 28.8 Å². The van der Waals surface area contributed by atoms with Crippen LogP contribution in [0.25, 0.3) is 11.4 Å². The van der Waals surface area contributed by atoms with E-state index < -0.39 is 6.10 Å². The van der Waals surface area contributed by atoms with E-state index in [0.717, 1.165) is 5.56 Å². The Hall–Kier alpha value is -2.12. The number of carbonyl (C=O) groups is 1. The van der Waals surface area contributed by atoms with Gasteiger partial charge in [-0.3, -0.25) is 0 Å². The Bertz CT molecular complexity index is 645. The van der Waals surface area contributed by atoms with Crippen molar-refractivity contribution in [2.75, 3.05) is 13.6 Å². The van der Waals surface area contributed by atoms with Crippen LogP contribution in [-0.2, 0) is 6.54 Å². The van der Waals surface area contributed by atoms with Crippen LogP contribution in [0, 0.1) is 0 Å². The summed E-state index contributed by atoms with van der Waals surface area (Å²) in [6, 6.07) is 6.76. The zero-order chi connectivity index (χ0) is 16.1. The molecule has 2 N–H and O–H groups in total. The molecule has 0 bridgehead atoms. The number of rotatable bonds is 5. The number of benzene rings is 1. The van der Waals surface area contributed by atoms with E-state index in [1.54, 1.807) is 32.2 Å². The molecular formula is C14H17ClN4O3. The number of aliphatic hydroxyl groups excluding tert-OH is 1. The lowest BCUT2D eigenvalue weighted by molar-refractivity contribution is 0.143. The molecule has 0 saturated carbocycles. The van der Waals surface area contributed by atoms with E-state index in [2.05, 4.69) is 15.5 Å². The molecule has 0 fully saturated rings. The van der Waals surface area contributed by atoms with Gasteiger partial charge in [-0.2, -0.15) is 4.98 Å². The monoisotopic (exact) mass is 324 g/mol. The molecule has 0 saturated heterocycles. The van der Waals surface area contributed by atoms with Gasteiger partial charge in [-0.15, -0.1) is 0 Å². The van der Waals surface area contributed by atoms with Crippen LogP contribution in [0.1, 0.15) is 12.8 Å². The van der Waals surface area contributed by atoms with Gasteiger partial charge in [0.25, 0.3) is 0 Å². The Labute approximate surface area is 132 Å². The number of carbonyl (C=O) groups excluding carboxylic acids is 1. The lowest BCUT2D eigenvalue weighted by atomic mass is 10.2. The molecule has 118 valence electrons. The molecule has 0 aliphatic carbocycles. The third-order valence-corrected chi connectivity index (χ3v) is 3.06. The second-order valence-electron chi connectivity index (χ2n) is 4.91. The minimum atomic E-state index is -0.589. The van der Waals surface area contributed by atoms with E-state index in [1.807, 2.05) is 6.07 Å². The molecule has 2 rings (SSSR count). The number of aromatic nitrogens is 2. The number of likely N-dealkylation sites (N-methyl/N-ethyl adjacent to an activating group) is 1. The first-order chi connectivity index (χ1) is 10.5. The molecule has 1 aromatic carbocycles. The maximum atomic E-state index is 11.8. The second kappa shape index (κ2) is 7.24. The average molecular weight is 325 g/mol. The predicted molar refractivity (Wildman–Crippen MR) is 81.3 cm³/mol. The van der Waals surface area contributed by atoms with E-state index in [0.29, 0.717) is 10.8 Å². The van der Waals surface area contributed by atoms with Gasteiger partial charge < -0.3 is 19.8 Å². The van der Waals surface area contributed by atoms with Crippen LogP contribution in [0.5, 0.6) is 0 Å². The summed E-state index contributed by atoms with van der Waals surface area (Å²) in [6.07, 6.45) is -0.589. The van der Waals surface area contributed by atoms with Crippen molar-refractivity contribution < 1.29 is 14.4 Å². The molecule has 0 aliphatic heterocycles. The Kier molecular flexibility index (Phi) is 5.35. The molecule has 1 atom stereocenters. The second-order valence-corrected chi connectivity index (χ2v) is 5.35. The van der Waals surface area contributed by atoms with Gasteiger partial charge in [0.1, 0.15) is 0 Å². The van der Waals surface area contributed by atoms with Crippen molar-refractivity contribution in [3.8, 4) is 11.4 Å². The topological polar surface area (TPSA) is 91.5 Å². The van der Waals surface area contributed by atoms with Gasteiger partial charge in [-0.25, -0.2) is 4.79 Å².